The Morgan fingerprint density at radius 1 is 1.26 bits per heavy atom. The maximum absolute atomic E-state index is 11.7. The van der Waals surface area contributed by atoms with Crippen molar-refractivity contribution in [1.82, 2.24) is 0 Å². The summed E-state index contributed by atoms with van der Waals surface area (Å²) in [5.41, 5.74) is 0. The normalized spacial score (nSPS) is 33.1. The minimum Gasteiger partial charge on any atom is -0.481 e. The van der Waals surface area contributed by atoms with Crippen LogP contribution in [0.2, 0.25) is 0 Å². The Balaban J connectivity index is 1.72. The van der Waals surface area contributed by atoms with E-state index in [2.05, 4.69) is 12.2 Å². The van der Waals surface area contributed by atoms with E-state index in [4.69, 9.17) is 5.11 Å². The first-order chi connectivity index (χ1) is 9.09. The van der Waals surface area contributed by atoms with Gasteiger partial charge < -0.3 is 5.11 Å². The Morgan fingerprint density at radius 2 is 2.05 bits per heavy atom. The van der Waals surface area contributed by atoms with E-state index in [1.54, 1.807) is 6.92 Å². The number of aliphatic carboxylic acids is 1. The van der Waals surface area contributed by atoms with Gasteiger partial charge in [0.05, 0.1) is 0 Å². The topological polar surface area (TPSA) is 54.4 Å². The molecule has 2 aliphatic carbocycles. The lowest BCUT2D eigenvalue weighted by molar-refractivity contribution is -0.137. The molecule has 1 N–H and O–H groups in total. The second kappa shape index (κ2) is 6.36. The molecule has 0 aromatic heterocycles. The molecule has 0 aliphatic heterocycles. The molecule has 0 heterocycles. The SMILES string of the molecule is CC(=O)C1[C@H]2CC[C@@H]1[C@@H](CC=CCCCC(=O)O)C2. The third kappa shape index (κ3) is 3.46. The van der Waals surface area contributed by atoms with Gasteiger partial charge in [0.15, 0.2) is 0 Å². The lowest BCUT2D eigenvalue weighted by Gasteiger charge is -2.20. The Hall–Kier alpha value is -1.12. The molecule has 2 aliphatic rings. The third-order valence-corrected chi connectivity index (χ3v) is 4.89. The molecule has 2 saturated carbocycles. The maximum Gasteiger partial charge on any atom is 0.303 e. The van der Waals surface area contributed by atoms with Crippen LogP contribution in [0.25, 0.3) is 0 Å². The Labute approximate surface area is 115 Å². The minimum atomic E-state index is -0.717. The summed E-state index contributed by atoms with van der Waals surface area (Å²) in [7, 11) is 0. The molecule has 3 nitrogen and oxygen atoms in total. The van der Waals surface area contributed by atoms with Crippen LogP contribution in [0.4, 0.5) is 0 Å². The number of fused-ring (bicyclic) bond motifs is 2. The van der Waals surface area contributed by atoms with Gasteiger partial charge >= 0.3 is 5.97 Å². The number of carboxylic acids is 1. The van der Waals surface area contributed by atoms with E-state index in [9.17, 15) is 9.59 Å². The van der Waals surface area contributed by atoms with Crippen molar-refractivity contribution in [2.24, 2.45) is 23.7 Å². The number of ketones is 1. The van der Waals surface area contributed by atoms with Gasteiger partial charge in [-0.3, -0.25) is 9.59 Å². The molecule has 2 rings (SSSR count). The first-order valence-electron chi connectivity index (χ1n) is 7.47. The third-order valence-electron chi connectivity index (χ3n) is 4.89. The summed E-state index contributed by atoms with van der Waals surface area (Å²) in [5, 5.41) is 8.54. The number of Topliss-reactive ketones (excluding diaryl/α,β-unsaturated/α-hetero) is 1. The van der Waals surface area contributed by atoms with Gasteiger partial charge in [-0.05, 0) is 63.2 Å². The van der Waals surface area contributed by atoms with Crippen LogP contribution in [0.1, 0.15) is 51.9 Å². The fraction of sp³-hybridized carbons (Fsp3) is 0.750. The molecule has 0 aromatic carbocycles. The van der Waals surface area contributed by atoms with Crippen LogP contribution in [0.5, 0.6) is 0 Å². The summed E-state index contributed by atoms with van der Waals surface area (Å²) in [6, 6.07) is 0. The quantitative estimate of drug-likeness (QED) is 0.566. The largest absolute Gasteiger partial charge is 0.481 e. The highest BCUT2D eigenvalue weighted by molar-refractivity contribution is 5.79. The van der Waals surface area contributed by atoms with Crippen LogP contribution in [0.15, 0.2) is 12.2 Å². The Morgan fingerprint density at radius 3 is 2.68 bits per heavy atom. The average molecular weight is 264 g/mol. The average Bonchev–Trinajstić information content (AvgIpc) is 2.90. The molecule has 3 heteroatoms. The maximum atomic E-state index is 11.7. The zero-order valence-electron chi connectivity index (χ0n) is 11.7. The van der Waals surface area contributed by atoms with E-state index in [1.807, 2.05) is 0 Å². The first kappa shape index (κ1) is 14.3. The van der Waals surface area contributed by atoms with Crippen LogP contribution < -0.4 is 0 Å². The van der Waals surface area contributed by atoms with Crippen molar-refractivity contribution in [3.63, 3.8) is 0 Å². The van der Waals surface area contributed by atoms with Crippen molar-refractivity contribution in [3.05, 3.63) is 12.2 Å². The molecule has 106 valence electrons. The van der Waals surface area contributed by atoms with Crippen molar-refractivity contribution >= 4 is 11.8 Å². The molecule has 2 bridgehead atoms. The summed E-state index contributed by atoms with van der Waals surface area (Å²) in [6.45, 7) is 1.75. The molecular weight excluding hydrogens is 240 g/mol. The van der Waals surface area contributed by atoms with Crippen molar-refractivity contribution in [1.29, 1.82) is 0 Å². The summed E-state index contributed by atoms with van der Waals surface area (Å²) in [5.74, 6) is 1.96. The smallest absolute Gasteiger partial charge is 0.303 e. The molecule has 2 fully saturated rings. The van der Waals surface area contributed by atoms with Gasteiger partial charge in [-0.2, -0.15) is 0 Å². The molecule has 1 unspecified atom stereocenters. The number of carbonyl (C=O) groups is 2. The van der Waals surface area contributed by atoms with Crippen molar-refractivity contribution in [3.8, 4) is 0 Å². The van der Waals surface area contributed by atoms with Crippen LogP contribution in [-0.4, -0.2) is 16.9 Å². The minimum absolute atomic E-state index is 0.255. The van der Waals surface area contributed by atoms with Gasteiger partial charge in [0, 0.05) is 12.3 Å². The van der Waals surface area contributed by atoms with Gasteiger partial charge in [0.1, 0.15) is 5.78 Å². The Bertz CT molecular complexity index is 372. The zero-order valence-corrected chi connectivity index (χ0v) is 11.7. The van der Waals surface area contributed by atoms with E-state index >= 15 is 0 Å². The summed E-state index contributed by atoms with van der Waals surface area (Å²) in [6.07, 6.45) is 10.9. The fourth-order valence-corrected chi connectivity index (χ4v) is 4.14. The van der Waals surface area contributed by atoms with Crippen LogP contribution in [0.3, 0.4) is 0 Å². The molecule has 4 atom stereocenters. The number of hydrogen-bond donors (Lipinski definition) is 1. The highest BCUT2D eigenvalue weighted by Crippen LogP contribution is 2.54. The van der Waals surface area contributed by atoms with E-state index in [0.29, 0.717) is 29.5 Å². The van der Waals surface area contributed by atoms with E-state index in [1.165, 1.54) is 19.3 Å². The monoisotopic (exact) mass is 264 g/mol. The number of hydrogen-bond acceptors (Lipinski definition) is 2. The summed E-state index contributed by atoms with van der Waals surface area (Å²) >= 11 is 0. The number of unbranched alkanes of at least 4 members (excludes halogenated alkanes) is 1. The lowest BCUT2D eigenvalue weighted by atomic mass is 9.85. The van der Waals surface area contributed by atoms with Gasteiger partial charge in [-0.25, -0.2) is 0 Å². The predicted octanol–water partition coefficient (Wildman–Crippen LogP) is 3.44. The highest BCUT2D eigenvalue weighted by Gasteiger charge is 2.49. The standard InChI is InChI=1S/C16H24O3/c1-11(17)16-13-8-9-14(16)12(10-13)6-4-2-3-5-7-15(18)19/h2,4,12-14,16H,3,5-10H2,1H3,(H,18,19)/t12-,13-,14+,16?/m0/s1. The second-order valence-corrected chi connectivity index (χ2v) is 6.13. The molecule has 0 radical (unpaired) electrons. The zero-order chi connectivity index (χ0) is 13.8. The van der Waals surface area contributed by atoms with Crippen molar-refractivity contribution in [2.75, 3.05) is 0 Å². The van der Waals surface area contributed by atoms with Gasteiger partial charge in [0.25, 0.3) is 0 Å². The molecule has 0 amide bonds. The number of rotatable bonds is 7. The predicted molar refractivity (Wildman–Crippen MR) is 73.7 cm³/mol. The highest BCUT2D eigenvalue weighted by atomic mass is 16.4. The van der Waals surface area contributed by atoms with E-state index < -0.39 is 5.97 Å². The summed E-state index contributed by atoms with van der Waals surface area (Å²) < 4.78 is 0. The van der Waals surface area contributed by atoms with Crippen molar-refractivity contribution in [2.45, 2.75) is 51.9 Å². The molecule has 0 aromatic rings. The van der Waals surface area contributed by atoms with Gasteiger partial charge in [0.2, 0.25) is 0 Å². The van der Waals surface area contributed by atoms with Crippen LogP contribution >= 0.6 is 0 Å². The number of allylic oxidation sites excluding steroid dienone is 2. The number of carboxylic acid groups (broad SMARTS) is 1. The second-order valence-electron chi connectivity index (χ2n) is 6.13. The summed E-state index contributed by atoms with van der Waals surface area (Å²) in [4.78, 5) is 22.0. The fourth-order valence-electron chi connectivity index (χ4n) is 4.14. The van der Waals surface area contributed by atoms with Crippen molar-refractivity contribution < 1.29 is 14.7 Å². The molecular formula is C16H24O3. The molecule has 0 saturated heterocycles. The van der Waals surface area contributed by atoms with Crippen LogP contribution in [0, 0.1) is 23.7 Å². The lowest BCUT2D eigenvalue weighted by Crippen LogP contribution is -2.17. The van der Waals surface area contributed by atoms with E-state index in [0.717, 1.165) is 19.3 Å². The Kier molecular flexibility index (Phi) is 4.78. The van der Waals surface area contributed by atoms with E-state index in [-0.39, 0.29) is 6.42 Å². The van der Waals surface area contributed by atoms with Gasteiger partial charge in [-0.15, -0.1) is 0 Å². The molecule has 19 heavy (non-hydrogen) atoms. The van der Waals surface area contributed by atoms with Crippen LogP contribution in [-0.2, 0) is 9.59 Å². The number of carbonyl (C=O) groups excluding carboxylic acids is 1. The molecule has 0 spiro atoms. The van der Waals surface area contributed by atoms with Gasteiger partial charge in [-0.1, -0.05) is 12.2 Å². The first-order valence-corrected chi connectivity index (χ1v) is 7.47.